The van der Waals surface area contributed by atoms with E-state index in [9.17, 15) is 9.59 Å². The molecule has 7 heteroatoms. The van der Waals surface area contributed by atoms with Gasteiger partial charge in [0.25, 0.3) is 5.91 Å². The van der Waals surface area contributed by atoms with Crippen LogP contribution in [0.3, 0.4) is 0 Å². The molecule has 2 aliphatic rings. The monoisotopic (exact) mass is 430 g/mol. The maximum atomic E-state index is 12.6. The van der Waals surface area contributed by atoms with Crippen LogP contribution in [-0.2, 0) is 9.53 Å². The lowest BCUT2D eigenvalue weighted by atomic mass is 9.99. The molecule has 0 aliphatic carbocycles. The highest BCUT2D eigenvalue weighted by Crippen LogP contribution is 2.33. The summed E-state index contributed by atoms with van der Waals surface area (Å²) in [6.07, 6.45) is 5.03. The molecule has 0 unspecified atom stereocenters. The molecule has 0 radical (unpaired) electrons. The number of hydrogen-bond donors (Lipinski definition) is 2. The van der Waals surface area contributed by atoms with E-state index in [1.165, 1.54) is 4.90 Å². The molecule has 2 aliphatic heterocycles. The Morgan fingerprint density at radius 2 is 1.75 bits per heavy atom. The molecule has 2 N–H and O–H groups in total. The van der Waals surface area contributed by atoms with Crippen LogP contribution < -0.4 is 4.90 Å². The molecule has 2 aromatic rings. The molecule has 164 valence electrons. The van der Waals surface area contributed by atoms with Crippen LogP contribution in [0.1, 0.15) is 42.1 Å². The highest BCUT2D eigenvalue weighted by Gasteiger charge is 2.24. The summed E-state index contributed by atoms with van der Waals surface area (Å²) >= 11 is 0. The Bertz CT molecular complexity index is 1100. The van der Waals surface area contributed by atoms with Crippen LogP contribution in [0, 0.1) is 10.8 Å². The predicted octanol–water partition coefficient (Wildman–Crippen LogP) is 4.33. The Morgan fingerprint density at radius 1 is 1.06 bits per heavy atom. The summed E-state index contributed by atoms with van der Waals surface area (Å²) in [4.78, 5) is 28.3. The van der Waals surface area contributed by atoms with Gasteiger partial charge >= 0.3 is 5.97 Å². The molecule has 0 spiro atoms. The molecule has 1 saturated heterocycles. The van der Waals surface area contributed by atoms with Gasteiger partial charge in [0.05, 0.1) is 18.6 Å². The van der Waals surface area contributed by atoms with E-state index in [0.29, 0.717) is 16.8 Å². The van der Waals surface area contributed by atoms with Crippen molar-refractivity contribution in [2.45, 2.75) is 26.2 Å². The molecule has 2 heterocycles. The van der Waals surface area contributed by atoms with Crippen molar-refractivity contribution < 1.29 is 14.3 Å². The number of fused-ring (bicyclic) bond motifs is 1. The number of carbonyl (C=O) groups excluding carboxylic acids is 2. The Labute approximate surface area is 187 Å². The summed E-state index contributed by atoms with van der Waals surface area (Å²) in [6.45, 7) is 3.64. The minimum Gasteiger partial charge on any atom is -0.463 e. The van der Waals surface area contributed by atoms with Gasteiger partial charge in [0.1, 0.15) is 5.84 Å². The SMILES string of the molecule is CCOC(=O)C1=Cc2cc(-c3ccc(C(=O)N4CCCC4)cc3)ccc2N(C=N)C(=N)C1. The van der Waals surface area contributed by atoms with Crippen LogP contribution in [0.2, 0.25) is 0 Å². The first-order valence-corrected chi connectivity index (χ1v) is 10.8. The number of hydrogen-bond acceptors (Lipinski definition) is 5. The number of amides is 1. The largest absolute Gasteiger partial charge is 0.463 e. The molecule has 2 aromatic carbocycles. The van der Waals surface area contributed by atoms with Crippen molar-refractivity contribution in [2.75, 3.05) is 24.6 Å². The zero-order valence-corrected chi connectivity index (χ0v) is 18.1. The van der Waals surface area contributed by atoms with Gasteiger partial charge in [0.15, 0.2) is 0 Å². The van der Waals surface area contributed by atoms with Crippen molar-refractivity contribution in [1.29, 1.82) is 10.8 Å². The van der Waals surface area contributed by atoms with Gasteiger partial charge in [-0.3, -0.25) is 20.5 Å². The van der Waals surface area contributed by atoms with E-state index >= 15 is 0 Å². The standard InChI is InChI=1S/C25H26N4O3/c1-2-32-25(31)21-14-20-13-19(9-10-22(20)29(16-26)23(27)15-21)17-5-7-18(8-6-17)24(30)28-11-3-4-12-28/h5-10,13-14,16,26-27H,2-4,11-12,15H2,1H3. The molecule has 0 aromatic heterocycles. The first-order valence-electron chi connectivity index (χ1n) is 10.8. The van der Waals surface area contributed by atoms with Crippen molar-refractivity contribution in [3.63, 3.8) is 0 Å². The van der Waals surface area contributed by atoms with E-state index in [1.807, 2.05) is 47.4 Å². The van der Waals surface area contributed by atoms with Crippen LogP contribution >= 0.6 is 0 Å². The minimum absolute atomic E-state index is 0.0677. The lowest BCUT2D eigenvalue weighted by molar-refractivity contribution is -0.138. The maximum Gasteiger partial charge on any atom is 0.334 e. The van der Waals surface area contributed by atoms with Crippen LogP contribution in [0.4, 0.5) is 5.69 Å². The number of ether oxygens (including phenoxy) is 1. The third-order valence-electron chi connectivity index (χ3n) is 5.79. The van der Waals surface area contributed by atoms with Gasteiger partial charge in [-0.05, 0) is 66.8 Å². The lowest BCUT2D eigenvalue weighted by Crippen LogP contribution is -2.28. The minimum atomic E-state index is -0.454. The first kappa shape index (κ1) is 21.5. The van der Waals surface area contributed by atoms with E-state index in [4.69, 9.17) is 15.6 Å². The maximum absolute atomic E-state index is 12.6. The smallest absolute Gasteiger partial charge is 0.334 e. The molecule has 7 nitrogen and oxygen atoms in total. The third-order valence-corrected chi connectivity index (χ3v) is 5.79. The fourth-order valence-electron chi connectivity index (χ4n) is 4.13. The van der Waals surface area contributed by atoms with Crippen molar-refractivity contribution in [3.05, 3.63) is 59.2 Å². The first-order chi connectivity index (χ1) is 15.5. The van der Waals surface area contributed by atoms with Crippen molar-refractivity contribution in [2.24, 2.45) is 0 Å². The molecule has 0 bridgehead atoms. The highest BCUT2D eigenvalue weighted by atomic mass is 16.5. The Balaban J connectivity index is 1.67. The predicted molar refractivity (Wildman–Crippen MR) is 125 cm³/mol. The van der Waals surface area contributed by atoms with Crippen LogP contribution in [-0.4, -0.2) is 48.6 Å². The number of likely N-dealkylation sites (tertiary alicyclic amines) is 1. The summed E-state index contributed by atoms with van der Waals surface area (Å²) in [5.74, 6) is -0.251. The van der Waals surface area contributed by atoms with Gasteiger partial charge in [-0.25, -0.2) is 4.79 Å². The number of rotatable bonds is 5. The van der Waals surface area contributed by atoms with Gasteiger partial charge in [0.2, 0.25) is 0 Å². The number of nitrogens with zero attached hydrogens (tertiary/aromatic N) is 2. The third kappa shape index (κ3) is 4.19. The zero-order chi connectivity index (χ0) is 22.7. The van der Waals surface area contributed by atoms with Crippen LogP contribution in [0.5, 0.6) is 0 Å². The van der Waals surface area contributed by atoms with Crippen molar-refractivity contribution >= 4 is 35.8 Å². The van der Waals surface area contributed by atoms with Crippen LogP contribution in [0.15, 0.2) is 48.0 Å². The average Bonchev–Trinajstić information content (AvgIpc) is 3.30. The highest BCUT2D eigenvalue weighted by molar-refractivity contribution is 6.16. The number of benzene rings is 2. The summed E-state index contributed by atoms with van der Waals surface area (Å²) in [5, 5.41) is 16.1. The van der Waals surface area contributed by atoms with E-state index in [-0.39, 0.29) is 24.8 Å². The molecule has 1 amide bonds. The molecule has 0 atom stereocenters. The number of amidine groups is 1. The van der Waals surface area contributed by atoms with E-state index in [2.05, 4.69) is 0 Å². The summed E-state index contributed by atoms with van der Waals surface area (Å²) < 4.78 is 5.15. The zero-order valence-electron chi connectivity index (χ0n) is 18.1. The van der Waals surface area contributed by atoms with Crippen molar-refractivity contribution in [1.82, 2.24) is 4.90 Å². The second-order valence-corrected chi connectivity index (χ2v) is 7.86. The average molecular weight is 431 g/mol. The number of esters is 1. The van der Waals surface area contributed by atoms with E-state index in [0.717, 1.165) is 49.0 Å². The quantitative estimate of drug-likeness (QED) is 0.419. The van der Waals surface area contributed by atoms with E-state index < -0.39 is 5.97 Å². The fraction of sp³-hybridized carbons (Fsp3) is 0.280. The molecule has 1 fully saturated rings. The number of anilines is 1. The normalized spacial score (nSPS) is 15.7. The van der Waals surface area contributed by atoms with Gasteiger partial charge in [-0.1, -0.05) is 18.2 Å². The second kappa shape index (κ2) is 9.18. The van der Waals surface area contributed by atoms with Crippen LogP contribution in [0.25, 0.3) is 17.2 Å². The Morgan fingerprint density at radius 3 is 2.41 bits per heavy atom. The number of carbonyl (C=O) groups is 2. The van der Waals surface area contributed by atoms with Gasteiger partial charge in [0, 0.05) is 30.6 Å². The molecule has 0 saturated carbocycles. The lowest BCUT2D eigenvalue weighted by Gasteiger charge is -2.20. The molecular weight excluding hydrogens is 404 g/mol. The van der Waals surface area contributed by atoms with E-state index in [1.54, 1.807) is 13.0 Å². The second-order valence-electron chi connectivity index (χ2n) is 7.86. The van der Waals surface area contributed by atoms with Gasteiger partial charge < -0.3 is 9.64 Å². The van der Waals surface area contributed by atoms with Gasteiger partial charge in [-0.2, -0.15) is 0 Å². The summed E-state index contributed by atoms with van der Waals surface area (Å²) in [5.41, 5.74) is 4.31. The van der Waals surface area contributed by atoms with Gasteiger partial charge in [-0.15, -0.1) is 0 Å². The summed E-state index contributed by atoms with van der Waals surface area (Å²) in [7, 11) is 0. The van der Waals surface area contributed by atoms with Crippen molar-refractivity contribution in [3.8, 4) is 11.1 Å². The fourth-order valence-corrected chi connectivity index (χ4v) is 4.13. The topological polar surface area (TPSA) is 97.6 Å². The number of nitrogens with one attached hydrogen (secondary N) is 2. The molecule has 32 heavy (non-hydrogen) atoms. The Kier molecular flexibility index (Phi) is 6.16. The summed E-state index contributed by atoms with van der Waals surface area (Å²) in [6, 6.07) is 13.2. The molecule has 4 rings (SSSR count). The Hall–Kier alpha value is -3.74. The molecular formula is C25H26N4O3.